The van der Waals surface area contributed by atoms with Crippen LogP contribution in [-0.4, -0.2) is 14.3 Å². The number of nitrogen functional groups attached to an aromatic ring is 1. The third-order valence-corrected chi connectivity index (χ3v) is 3.89. The Morgan fingerprint density at radius 1 is 1.17 bits per heavy atom. The fourth-order valence-electron chi connectivity index (χ4n) is 2.30. The number of rotatable bonds is 1. The van der Waals surface area contributed by atoms with Crippen LogP contribution in [0, 0.1) is 0 Å². The van der Waals surface area contributed by atoms with Crippen molar-refractivity contribution in [3.8, 4) is 11.4 Å². The normalized spacial score (nSPS) is 11.3. The third kappa shape index (κ3) is 1.54. The molecule has 0 aliphatic carbocycles. The first-order valence-corrected chi connectivity index (χ1v) is 6.41. The Kier molecular flexibility index (Phi) is 2.45. The highest BCUT2D eigenvalue weighted by Gasteiger charge is 2.13. The molecule has 18 heavy (non-hydrogen) atoms. The van der Waals surface area contributed by atoms with Crippen molar-refractivity contribution in [1.82, 2.24) is 14.3 Å². The van der Waals surface area contributed by atoms with Gasteiger partial charge in [-0.3, -0.25) is 4.68 Å². The fourth-order valence-corrected chi connectivity index (χ4v) is 2.77. The van der Waals surface area contributed by atoms with Crippen molar-refractivity contribution in [2.24, 2.45) is 14.1 Å². The number of benzene rings is 1. The van der Waals surface area contributed by atoms with Gasteiger partial charge in [-0.2, -0.15) is 5.10 Å². The number of hydrogen-bond donors (Lipinski definition) is 1. The minimum Gasteiger partial charge on any atom is -0.382 e. The molecule has 92 valence electrons. The van der Waals surface area contributed by atoms with Gasteiger partial charge in [-0.25, -0.2) is 0 Å². The number of nitrogens with two attached hydrogens (primary N) is 1. The summed E-state index contributed by atoms with van der Waals surface area (Å²) in [6.45, 7) is 0. The summed E-state index contributed by atoms with van der Waals surface area (Å²) in [5, 5.41) is 5.38. The van der Waals surface area contributed by atoms with Crippen LogP contribution in [0.3, 0.4) is 0 Å². The summed E-state index contributed by atoms with van der Waals surface area (Å²) in [7, 11) is 3.95. The maximum atomic E-state index is 5.74. The number of hydrogen-bond acceptors (Lipinski definition) is 2. The molecule has 2 heterocycles. The molecule has 0 radical (unpaired) electrons. The smallest absolute Gasteiger partial charge is 0.146 e. The summed E-state index contributed by atoms with van der Waals surface area (Å²) in [5.74, 6) is 0.539. The minimum atomic E-state index is 0.539. The maximum absolute atomic E-state index is 5.74. The van der Waals surface area contributed by atoms with Crippen molar-refractivity contribution in [2.45, 2.75) is 0 Å². The predicted octanol–water partition coefficient (Wildman–Crippen LogP) is 2.92. The Morgan fingerprint density at radius 2 is 1.94 bits per heavy atom. The predicted molar refractivity (Wildman–Crippen MR) is 77.2 cm³/mol. The molecule has 5 heteroatoms. The molecule has 0 spiro atoms. The molecule has 3 aromatic rings. The lowest BCUT2D eigenvalue weighted by Crippen LogP contribution is -1.98. The van der Waals surface area contributed by atoms with Gasteiger partial charge in [0.25, 0.3) is 0 Å². The Hall–Kier alpha value is -1.75. The van der Waals surface area contributed by atoms with E-state index in [-0.39, 0.29) is 0 Å². The molecule has 3 rings (SSSR count). The molecule has 0 atom stereocenters. The maximum Gasteiger partial charge on any atom is 0.146 e. The standard InChI is InChI=1S/C13H13BrN4/c1-17-10-5-3-4-9(14)8(10)6-11(17)12-7-13(15)16-18(12)2/h3-7H,1-2H3,(H2,15,16). The zero-order chi connectivity index (χ0) is 12.9. The van der Waals surface area contributed by atoms with Crippen molar-refractivity contribution in [1.29, 1.82) is 0 Å². The highest BCUT2D eigenvalue weighted by molar-refractivity contribution is 9.10. The summed E-state index contributed by atoms with van der Waals surface area (Å²) in [6, 6.07) is 10.2. The summed E-state index contributed by atoms with van der Waals surface area (Å²) >= 11 is 3.58. The number of aryl methyl sites for hydroxylation is 2. The molecule has 2 N–H and O–H groups in total. The van der Waals surface area contributed by atoms with Crippen LogP contribution in [0.4, 0.5) is 5.82 Å². The topological polar surface area (TPSA) is 48.8 Å². The van der Waals surface area contributed by atoms with Crippen LogP contribution in [0.15, 0.2) is 34.8 Å². The van der Waals surface area contributed by atoms with Gasteiger partial charge in [0.1, 0.15) is 5.82 Å². The van der Waals surface area contributed by atoms with E-state index in [2.05, 4.69) is 37.7 Å². The second-order valence-corrected chi connectivity index (χ2v) is 5.19. The van der Waals surface area contributed by atoms with Crippen molar-refractivity contribution < 1.29 is 0 Å². The highest BCUT2D eigenvalue weighted by atomic mass is 79.9. The Bertz CT molecular complexity index is 739. The Morgan fingerprint density at radius 3 is 2.56 bits per heavy atom. The molecule has 4 nitrogen and oxygen atoms in total. The fraction of sp³-hybridized carbons (Fsp3) is 0.154. The van der Waals surface area contributed by atoms with Crippen LogP contribution >= 0.6 is 15.9 Å². The van der Waals surface area contributed by atoms with Crippen molar-refractivity contribution in [2.75, 3.05) is 5.73 Å². The Balaban J connectivity index is 2.34. The molecule has 0 bridgehead atoms. The van der Waals surface area contributed by atoms with Gasteiger partial charge in [-0.15, -0.1) is 0 Å². The van der Waals surface area contributed by atoms with Gasteiger partial charge < -0.3 is 10.3 Å². The van der Waals surface area contributed by atoms with Crippen molar-refractivity contribution in [3.63, 3.8) is 0 Å². The van der Waals surface area contributed by atoms with E-state index in [4.69, 9.17) is 5.73 Å². The molecule has 0 saturated carbocycles. The van der Waals surface area contributed by atoms with E-state index in [1.807, 2.05) is 32.3 Å². The van der Waals surface area contributed by atoms with E-state index >= 15 is 0 Å². The largest absolute Gasteiger partial charge is 0.382 e. The molecule has 0 saturated heterocycles. The van der Waals surface area contributed by atoms with E-state index in [1.165, 1.54) is 10.9 Å². The van der Waals surface area contributed by atoms with E-state index in [1.54, 1.807) is 4.68 Å². The zero-order valence-corrected chi connectivity index (χ0v) is 11.8. The van der Waals surface area contributed by atoms with Crippen LogP contribution < -0.4 is 5.73 Å². The van der Waals surface area contributed by atoms with E-state index in [9.17, 15) is 0 Å². The molecule has 0 aliphatic heterocycles. The van der Waals surface area contributed by atoms with Gasteiger partial charge in [0.2, 0.25) is 0 Å². The average molecular weight is 305 g/mol. The first kappa shape index (κ1) is 11.3. The van der Waals surface area contributed by atoms with E-state index < -0.39 is 0 Å². The molecule has 0 aliphatic rings. The molecular formula is C13H13BrN4. The van der Waals surface area contributed by atoms with Crippen molar-refractivity contribution >= 4 is 32.7 Å². The minimum absolute atomic E-state index is 0.539. The summed E-state index contributed by atoms with van der Waals surface area (Å²) in [5.41, 5.74) is 9.03. The number of nitrogens with zero attached hydrogens (tertiary/aromatic N) is 3. The van der Waals surface area contributed by atoms with Gasteiger partial charge in [-0.1, -0.05) is 22.0 Å². The summed E-state index contributed by atoms with van der Waals surface area (Å²) < 4.78 is 5.05. The van der Waals surface area contributed by atoms with Crippen LogP contribution in [0.5, 0.6) is 0 Å². The van der Waals surface area contributed by atoms with Gasteiger partial charge in [0.05, 0.1) is 11.4 Å². The second-order valence-electron chi connectivity index (χ2n) is 4.34. The number of aromatic nitrogens is 3. The van der Waals surface area contributed by atoms with Crippen LogP contribution in [0.1, 0.15) is 0 Å². The lowest BCUT2D eigenvalue weighted by molar-refractivity contribution is 0.772. The van der Waals surface area contributed by atoms with E-state index in [0.29, 0.717) is 5.82 Å². The molecule has 0 amide bonds. The quantitative estimate of drug-likeness (QED) is 0.751. The first-order valence-electron chi connectivity index (χ1n) is 5.62. The average Bonchev–Trinajstić information content (AvgIpc) is 2.81. The lowest BCUT2D eigenvalue weighted by Gasteiger charge is -2.04. The highest BCUT2D eigenvalue weighted by Crippen LogP contribution is 2.31. The monoisotopic (exact) mass is 304 g/mol. The summed E-state index contributed by atoms with van der Waals surface area (Å²) in [6.07, 6.45) is 0. The molecule has 0 unspecified atom stereocenters. The zero-order valence-electron chi connectivity index (χ0n) is 10.2. The summed E-state index contributed by atoms with van der Waals surface area (Å²) in [4.78, 5) is 0. The van der Waals surface area contributed by atoms with Gasteiger partial charge >= 0.3 is 0 Å². The van der Waals surface area contributed by atoms with Gasteiger partial charge in [-0.05, 0) is 18.2 Å². The Labute approximate surface area is 113 Å². The molecule has 2 aromatic heterocycles. The van der Waals surface area contributed by atoms with E-state index in [0.717, 1.165) is 15.9 Å². The third-order valence-electron chi connectivity index (χ3n) is 3.19. The SMILES string of the molecule is Cn1nc(N)cc1-c1cc2c(Br)cccc2n1C. The number of fused-ring (bicyclic) bond motifs is 1. The van der Waals surface area contributed by atoms with Crippen molar-refractivity contribution in [3.05, 3.63) is 34.8 Å². The van der Waals surface area contributed by atoms with Crippen LogP contribution in [0.2, 0.25) is 0 Å². The van der Waals surface area contributed by atoms with Crippen LogP contribution in [-0.2, 0) is 14.1 Å². The second kappa shape index (κ2) is 3.88. The van der Waals surface area contributed by atoms with Gasteiger partial charge in [0.15, 0.2) is 0 Å². The molecule has 0 fully saturated rings. The molecule has 1 aromatic carbocycles. The first-order chi connectivity index (χ1) is 8.58. The lowest BCUT2D eigenvalue weighted by atomic mass is 10.2. The van der Waals surface area contributed by atoms with Crippen LogP contribution in [0.25, 0.3) is 22.3 Å². The number of halogens is 1. The molecular weight excluding hydrogens is 292 g/mol. The van der Waals surface area contributed by atoms with Gasteiger partial charge in [0, 0.05) is 35.5 Å². The number of anilines is 1.